The molecule has 5 heteroatoms. The van der Waals surface area contributed by atoms with E-state index in [0.717, 1.165) is 34.6 Å². The summed E-state index contributed by atoms with van der Waals surface area (Å²) in [6.07, 6.45) is 8.41. The summed E-state index contributed by atoms with van der Waals surface area (Å²) in [7, 11) is 1.66. The summed E-state index contributed by atoms with van der Waals surface area (Å²) in [6.45, 7) is 0.697. The van der Waals surface area contributed by atoms with Crippen molar-refractivity contribution in [3.05, 3.63) is 59.2 Å². The first-order chi connectivity index (χ1) is 12.2. The average molecular weight is 334 g/mol. The van der Waals surface area contributed by atoms with E-state index in [1.807, 2.05) is 36.4 Å². The zero-order chi connectivity index (χ0) is 17.4. The molecule has 25 heavy (non-hydrogen) atoms. The summed E-state index contributed by atoms with van der Waals surface area (Å²) in [6, 6.07) is 5.87. The van der Waals surface area contributed by atoms with Crippen LogP contribution in [0.5, 0.6) is 5.75 Å². The topological polar surface area (TPSA) is 59.0 Å². The van der Waals surface area contributed by atoms with Crippen molar-refractivity contribution in [1.82, 2.24) is 4.90 Å². The number of carbonyl (C=O) groups is 2. The molecule has 4 rings (SSSR count). The van der Waals surface area contributed by atoms with E-state index in [2.05, 4.69) is 4.99 Å². The summed E-state index contributed by atoms with van der Waals surface area (Å²) in [4.78, 5) is 30.5. The number of ether oxygens (including phenoxy) is 1. The summed E-state index contributed by atoms with van der Waals surface area (Å²) in [5.41, 5.74) is 4.35. The number of aliphatic imine (C=N–C) groups is 1. The molecule has 126 valence electrons. The van der Waals surface area contributed by atoms with Crippen LogP contribution in [-0.4, -0.2) is 42.5 Å². The molecule has 0 unspecified atom stereocenters. The molecule has 0 saturated heterocycles. The Morgan fingerprint density at radius 2 is 2.08 bits per heavy atom. The Morgan fingerprint density at radius 3 is 2.88 bits per heavy atom. The lowest BCUT2D eigenvalue weighted by molar-refractivity contribution is -0.126. The Bertz CT molecular complexity index is 890. The van der Waals surface area contributed by atoms with Crippen LogP contribution in [-0.2, 0) is 16.0 Å². The fraction of sp³-hybridized carbons (Fsp3) is 0.250. The quantitative estimate of drug-likeness (QED) is 0.834. The fourth-order valence-electron chi connectivity index (χ4n) is 3.49. The zero-order valence-corrected chi connectivity index (χ0v) is 14.0. The van der Waals surface area contributed by atoms with E-state index in [4.69, 9.17) is 4.74 Å². The highest BCUT2D eigenvalue weighted by molar-refractivity contribution is 6.19. The first-order valence-corrected chi connectivity index (χ1v) is 8.31. The molecule has 2 heterocycles. The van der Waals surface area contributed by atoms with Gasteiger partial charge in [0.15, 0.2) is 5.78 Å². The van der Waals surface area contributed by atoms with Crippen molar-refractivity contribution in [3.63, 3.8) is 0 Å². The SMILES string of the molecule is COc1cccc2c1CCN1C(=O)CN=C(C3=CC(=O)CC=C3)C=C21. The summed E-state index contributed by atoms with van der Waals surface area (Å²) < 4.78 is 5.48. The van der Waals surface area contributed by atoms with Gasteiger partial charge in [0.05, 0.1) is 18.5 Å². The molecule has 0 fully saturated rings. The number of hydrogen-bond acceptors (Lipinski definition) is 4. The maximum Gasteiger partial charge on any atom is 0.248 e. The van der Waals surface area contributed by atoms with Crippen LogP contribution in [0.15, 0.2) is 53.1 Å². The third-order valence-corrected chi connectivity index (χ3v) is 4.69. The van der Waals surface area contributed by atoms with Crippen LogP contribution in [0, 0.1) is 0 Å². The number of allylic oxidation sites excluding steroid dienone is 5. The number of methoxy groups -OCH3 is 1. The number of benzene rings is 1. The van der Waals surface area contributed by atoms with Crippen molar-refractivity contribution >= 4 is 23.1 Å². The Kier molecular flexibility index (Phi) is 3.84. The van der Waals surface area contributed by atoms with Crippen LogP contribution >= 0.6 is 0 Å². The van der Waals surface area contributed by atoms with Crippen LogP contribution < -0.4 is 4.74 Å². The predicted molar refractivity (Wildman–Crippen MR) is 95.5 cm³/mol. The summed E-state index contributed by atoms with van der Waals surface area (Å²) in [5.74, 6) is 0.860. The van der Waals surface area contributed by atoms with E-state index in [1.165, 1.54) is 0 Å². The Balaban J connectivity index is 1.85. The van der Waals surface area contributed by atoms with Gasteiger partial charge in [-0.2, -0.15) is 0 Å². The normalized spacial score (nSPS) is 19.4. The second-order valence-corrected chi connectivity index (χ2v) is 6.19. The molecule has 0 spiro atoms. The summed E-state index contributed by atoms with van der Waals surface area (Å²) >= 11 is 0. The number of rotatable bonds is 2. The van der Waals surface area contributed by atoms with Crippen LogP contribution in [0.1, 0.15) is 17.5 Å². The third kappa shape index (κ3) is 2.71. The number of amides is 1. The molecule has 1 aromatic carbocycles. The van der Waals surface area contributed by atoms with Crippen molar-refractivity contribution in [2.45, 2.75) is 12.8 Å². The van der Waals surface area contributed by atoms with Crippen molar-refractivity contribution in [3.8, 4) is 5.75 Å². The van der Waals surface area contributed by atoms with Gasteiger partial charge in [0.2, 0.25) is 5.91 Å². The minimum absolute atomic E-state index is 0.0264. The van der Waals surface area contributed by atoms with E-state index in [-0.39, 0.29) is 18.2 Å². The Hall–Kier alpha value is -2.95. The van der Waals surface area contributed by atoms with Gasteiger partial charge in [0.1, 0.15) is 12.3 Å². The van der Waals surface area contributed by atoms with E-state index in [1.54, 1.807) is 18.1 Å². The lowest BCUT2D eigenvalue weighted by atomic mass is 9.93. The maximum atomic E-state index is 12.5. The molecule has 2 aliphatic heterocycles. The van der Waals surface area contributed by atoms with Gasteiger partial charge in [0.25, 0.3) is 0 Å². The molecule has 0 bridgehead atoms. The second kappa shape index (κ2) is 6.16. The van der Waals surface area contributed by atoms with Gasteiger partial charge in [-0.3, -0.25) is 14.6 Å². The molecule has 5 nitrogen and oxygen atoms in total. The number of carbonyl (C=O) groups excluding carboxylic acids is 2. The van der Waals surface area contributed by atoms with Gasteiger partial charge in [-0.1, -0.05) is 24.3 Å². The van der Waals surface area contributed by atoms with E-state index < -0.39 is 0 Å². The minimum Gasteiger partial charge on any atom is -0.496 e. The smallest absolute Gasteiger partial charge is 0.248 e. The van der Waals surface area contributed by atoms with Gasteiger partial charge in [-0.25, -0.2) is 0 Å². The van der Waals surface area contributed by atoms with E-state index in [0.29, 0.717) is 18.7 Å². The number of nitrogens with zero attached hydrogens (tertiary/aromatic N) is 2. The highest BCUT2D eigenvalue weighted by Crippen LogP contribution is 2.35. The van der Waals surface area contributed by atoms with Crippen molar-refractivity contribution in [1.29, 1.82) is 0 Å². The van der Waals surface area contributed by atoms with Gasteiger partial charge in [-0.15, -0.1) is 0 Å². The predicted octanol–water partition coefficient (Wildman–Crippen LogP) is 2.33. The molecule has 0 N–H and O–H groups in total. The standard InChI is InChI=1S/C20H18N2O3/c1-25-19-7-3-6-15-16(19)8-9-22-18(15)11-17(21-12-20(22)24)13-4-2-5-14(23)10-13/h2-4,6-7,10-11H,5,8-9,12H2,1H3. The van der Waals surface area contributed by atoms with Gasteiger partial charge < -0.3 is 9.64 Å². The Morgan fingerprint density at radius 1 is 1.20 bits per heavy atom. The second-order valence-electron chi connectivity index (χ2n) is 6.19. The van der Waals surface area contributed by atoms with Crippen LogP contribution in [0.25, 0.3) is 5.70 Å². The summed E-state index contributed by atoms with van der Waals surface area (Å²) in [5, 5.41) is 0. The molecule has 0 aromatic heterocycles. The average Bonchev–Trinajstić information content (AvgIpc) is 2.80. The molecular formula is C20H18N2O3. The van der Waals surface area contributed by atoms with Crippen LogP contribution in [0.2, 0.25) is 0 Å². The molecule has 0 saturated carbocycles. The van der Waals surface area contributed by atoms with E-state index in [9.17, 15) is 9.59 Å². The zero-order valence-electron chi connectivity index (χ0n) is 14.0. The number of ketones is 1. The number of fused-ring (bicyclic) bond motifs is 3. The largest absolute Gasteiger partial charge is 0.496 e. The highest BCUT2D eigenvalue weighted by Gasteiger charge is 2.29. The van der Waals surface area contributed by atoms with Gasteiger partial charge >= 0.3 is 0 Å². The molecule has 1 amide bonds. The Labute approximate surface area is 146 Å². The molecule has 1 aliphatic carbocycles. The molecule has 0 radical (unpaired) electrons. The third-order valence-electron chi connectivity index (χ3n) is 4.69. The number of hydrogen-bond donors (Lipinski definition) is 0. The lowest BCUT2D eigenvalue weighted by Gasteiger charge is -2.31. The van der Waals surface area contributed by atoms with Crippen molar-refractivity contribution < 1.29 is 14.3 Å². The van der Waals surface area contributed by atoms with Crippen molar-refractivity contribution in [2.75, 3.05) is 20.2 Å². The fourth-order valence-corrected chi connectivity index (χ4v) is 3.49. The first-order valence-electron chi connectivity index (χ1n) is 8.31. The molecule has 0 atom stereocenters. The molecular weight excluding hydrogens is 316 g/mol. The van der Waals surface area contributed by atoms with Crippen LogP contribution in [0.3, 0.4) is 0 Å². The maximum absolute atomic E-state index is 12.5. The first kappa shape index (κ1) is 15.6. The lowest BCUT2D eigenvalue weighted by Crippen LogP contribution is -2.35. The minimum atomic E-state index is -0.0264. The monoisotopic (exact) mass is 334 g/mol. The molecule has 1 aromatic rings. The highest BCUT2D eigenvalue weighted by atomic mass is 16.5. The molecule has 3 aliphatic rings. The van der Waals surface area contributed by atoms with Crippen molar-refractivity contribution in [2.24, 2.45) is 4.99 Å². The van der Waals surface area contributed by atoms with E-state index >= 15 is 0 Å². The van der Waals surface area contributed by atoms with Gasteiger partial charge in [-0.05, 0) is 24.6 Å². The van der Waals surface area contributed by atoms with Gasteiger partial charge in [0, 0.05) is 29.7 Å². The van der Waals surface area contributed by atoms with Crippen LogP contribution in [0.4, 0.5) is 0 Å².